The molecule has 1 aromatic heterocycles. The maximum absolute atomic E-state index is 14.4. The first kappa shape index (κ1) is 26.5. The van der Waals surface area contributed by atoms with Gasteiger partial charge in [-0.3, -0.25) is 9.59 Å². The normalized spacial score (nSPS) is 15.2. The minimum atomic E-state index is -0.998. The first-order chi connectivity index (χ1) is 17.6. The van der Waals surface area contributed by atoms with Gasteiger partial charge in [-0.2, -0.15) is 5.10 Å². The van der Waals surface area contributed by atoms with Crippen LogP contribution in [0.3, 0.4) is 0 Å². The lowest BCUT2D eigenvalue weighted by atomic mass is 9.69. The van der Waals surface area contributed by atoms with Crippen LogP contribution in [0, 0.1) is 5.82 Å². The van der Waals surface area contributed by atoms with Crippen LogP contribution in [-0.4, -0.2) is 47.3 Å². The molecule has 1 aliphatic rings. The first-order valence-corrected chi connectivity index (χ1v) is 12.3. The van der Waals surface area contributed by atoms with Crippen LogP contribution in [0.4, 0.5) is 15.9 Å². The van der Waals surface area contributed by atoms with Crippen LogP contribution in [-0.2, 0) is 10.2 Å². The average Bonchev–Trinajstić information content (AvgIpc) is 2.85. The molecule has 0 aliphatic carbocycles. The number of anilines is 2. The van der Waals surface area contributed by atoms with Crippen molar-refractivity contribution in [3.05, 3.63) is 81.8 Å². The van der Waals surface area contributed by atoms with Gasteiger partial charge in [0.15, 0.2) is 5.82 Å². The van der Waals surface area contributed by atoms with E-state index in [9.17, 15) is 19.1 Å². The van der Waals surface area contributed by atoms with Crippen molar-refractivity contribution in [3.8, 4) is 0 Å². The van der Waals surface area contributed by atoms with Crippen LogP contribution in [0.2, 0.25) is 5.02 Å². The van der Waals surface area contributed by atoms with Gasteiger partial charge in [0.1, 0.15) is 11.2 Å². The maximum Gasteiger partial charge on any atom is 0.253 e. The summed E-state index contributed by atoms with van der Waals surface area (Å²) in [6.45, 7) is 6.30. The number of hydrogen-bond donors (Lipinski definition) is 3. The predicted octanol–water partition coefficient (Wildman–Crippen LogP) is 4.20. The van der Waals surface area contributed by atoms with Crippen molar-refractivity contribution in [1.82, 2.24) is 15.5 Å². The van der Waals surface area contributed by atoms with E-state index in [4.69, 9.17) is 11.6 Å². The molecular formula is C27H29ClFN5O3. The summed E-state index contributed by atoms with van der Waals surface area (Å²) in [5.41, 5.74) is 1.41. The third kappa shape index (κ3) is 5.01. The number of aromatic nitrogens is 2. The second-order valence-electron chi connectivity index (χ2n) is 9.52. The number of benzene rings is 2. The summed E-state index contributed by atoms with van der Waals surface area (Å²) in [7, 11) is 1.44. The quantitative estimate of drug-likeness (QED) is 0.427. The zero-order valence-corrected chi connectivity index (χ0v) is 21.8. The lowest BCUT2D eigenvalue weighted by Crippen LogP contribution is -2.66. The fourth-order valence-corrected chi connectivity index (χ4v) is 4.75. The zero-order valence-electron chi connectivity index (χ0n) is 21.0. The van der Waals surface area contributed by atoms with E-state index in [0.29, 0.717) is 11.5 Å². The predicted molar refractivity (Wildman–Crippen MR) is 141 cm³/mol. The molecule has 10 heteroatoms. The Bertz CT molecular complexity index is 1320. The van der Waals surface area contributed by atoms with Gasteiger partial charge in [-0.25, -0.2) is 4.39 Å². The van der Waals surface area contributed by atoms with E-state index in [2.05, 4.69) is 34.7 Å². The molecule has 2 aromatic carbocycles. The fourth-order valence-electron chi connectivity index (χ4n) is 4.58. The van der Waals surface area contributed by atoms with Crippen molar-refractivity contribution in [2.24, 2.45) is 0 Å². The second kappa shape index (κ2) is 10.4. The molecule has 0 saturated carbocycles. The van der Waals surface area contributed by atoms with Gasteiger partial charge in [-0.05, 0) is 48.2 Å². The Kier molecular flexibility index (Phi) is 7.47. The van der Waals surface area contributed by atoms with Gasteiger partial charge in [0.2, 0.25) is 5.91 Å². The van der Waals surface area contributed by atoms with Gasteiger partial charge >= 0.3 is 0 Å². The molecule has 1 aliphatic heterocycles. The highest BCUT2D eigenvalue weighted by Gasteiger charge is 2.52. The number of rotatable bonds is 7. The smallest absolute Gasteiger partial charge is 0.253 e. The number of amides is 2. The summed E-state index contributed by atoms with van der Waals surface area (Å²) in [6, 6.07) is 13.4. The summed E-state index contributed by atoms with van der Waals surface area (Å²) in [6.07, 6.45) is -0.741. The highest BCUT2D eigenvalue weighted by molar-refractivity contribution is 6.31. The number of aliphatic hydroxyl groups excluding tert-OH is 1. The van der Waals surface area contributed by atoms with E-state index >= 15 is 0 Å². The summed E-state index contributed by atoms with van der Waals surface area (Å²) in [4.78, 5) is 28.3. The Hall–Kier alpha value is -3.56. The fraction of sp³-hybridized carbons (Fsp3) is 0.333. The molecule has 1 saturated heterocycles. The minimum Gasteiger partial charge on any atom is -0.387 e. The Morgan fingerprint density at radius 3 is 2.41 bits per heavy atom. The molecule has 3 N–H and O–H groups in total. The van der Waals surface area contributed by atoms with Crippen LogP contribution < -0.4 is 15.5 Å². The third-order valence-corrected chi connectivity index (χ3v) is 6.95. The number of aliphatic hydroxyl groups is 1. The Morgan fingerprint density at radius 1 is 1.11 bits per heavy atom. The van der Waals surface area contributed by atoms with Crippen molar-refractivity contribution >= 4 is 34.9 Å². The summed E-state index contributed by atoms with van der Waals surface area (Å²) < 4.78 is 14.4. The molecule has 194 valence electrons. The number of nitrogens with one attached hydrogen (secondary N) is 2. The molecule has 1 fully saturated rings. The van der Waals surface area contributed by atoms with Gasteiger partial charge < -0.3 is 20.6 Å². The minimum absolute atomic E-state index is 0.0344. The van der Waals surface area contributed by atoms with Crippen molar-refractivity contribution in [2.45, 2.75) is 38.2 Å². The molecule has 3 aromatic rings. The van der Waals surface area contributed by atoms with E-state index in [-0.39, 0.29) is 41.2 Å². The zero-order chi connectivity index (χ0) is 26.9. The molecule has 37 heavy (non-hydrogen) atoms. The average molecular weight is 526 g/mol. The standard InChI is InChI=1S/C27H29ClFN5O3/c1-15(2)17-7-5-6-8-19(17)27(13-34(14-27)24-10-9-22(16(3)35)32-33-24)26(37)31-23-12-21(29)20(28)11-18(23)25(36)30-4/h5-12,15-16,35H,13-14H2,1-4H3,(H,30,36)(H,31,37). The Morgan fingerprint density at radius 2 is 1.81 bits per heavy atom. The third-order valence-electron chi connectivity index (χ3n) is 6.66. The highest BCUT2D eigenvalue weighted by Crippen LogP contribution is 2.41. The lowest BCUT2D eigenvalue weighted by Gasteiger charge is -2.50. The van der Waals surface area contributed by atoms with Crippen molar-refractivity contribution < 1.29 is 19.1 Å². The van der Waals surface area contributed by atoms with Gasteiger partial charge in [-0.15, -0.1) is 5.10 Å². The van der Waals surface area contributed by atoms with Crippen LogP contribution in [0.1, 0.15) is 60.0 Å². The van der Waals surface area contributed by atoms with E-state index in [1.807, 2.05) is 29.2 Å². The summed E-state index contributed by atoms with van der Waals surface area (Å²) in [5.74, 6) is -0.910. The van der Waals surface area contributed by atoms with Crippen molar-refractivity contribution in [3.63, 3.8) is 0 Å². The number of nitrogens with zero attached hydrogens (tertiary/aromatic N) is 3. The van der Waals surface area contributed by atoms with E-state index < -0.39 is 23.2 Å². The highest BCUT2D eigenvalue weighted by atomic mass is 35.5. The van der Waals surface area contributed by atoms with Crippen LogP contribution >= 0.6 is 11.6 Å². The van der Waals surface area contributed by atoms with E-state index in [1.165, 1.54) is 13.1 Å². The number of hydrogen-bond acceptors (Lipinski definition) is 6. The molecule has 2 heterocycles. The summed E-state index contributed by atoms with van der Waals surface area (Å²) >= 11 is 5.92. The number of carbonyl (C=O) groups is 2. The van der Waals surface area contributed by atoms with Gasteiger partial charge in [0, 0.05) is 20.1 Å². The molecule has 8 nitrogen and oxygen atoms in total. The van der Waals surface area contributed by atoms with Crippen molar-refractivity contribution in [2.75, 3.05) is 30.4 Å². The maximum atomic E-state index is 14.4. The van der Waals surface area contributed by atoms with E-state index in [0.717, 1.165) is 17.2 Å². The van der Waals surface area contributed by atoms with Crippen LogP contribution in [0.15, 0.2) is 48.5 Å². The Labute approximate surface area is 219 Å². The molecule has 0 radical (unpaired) electrons. The molecule has 1 unspecified atom stereocenters. The molecule has 2 amide bonds. The largest absolute Gasteiger partial charge is 0.387 e. The number of halogens is 2. The van der Waals surface area contributed by atoms with E-state index in [1.54, 1.807) is 19.1 Å². The SMILES string of the molecule is CNC(=O)c1cc(Cl)c(F)cc1NC(=O)C1(c2ccccc2C(C)C)CN(c2ccc(C(C)O)nn2)C1. The van der Waals surface area contributed by atoms with Crippen LogP contribution in [0.5, 0.6) is 0 Å². The molecule has 0 bridgehead atoms. The first-order valence-electron chi connectivity index (χ1n) is 12.0. The number of carbonyl (C=O) groups excluding carboxylic acids is 2. The summed E-state index contributed by atoms with van der Waals surface area (Å²) in [5, 5.41) is 23.1. The topological polar surface area (TPSA) is 107 Å². The molecule has 1 atom stereocenters. The Balaban J connectivity index is 1.73. The molecule has 4 rings (SSSR count). The molecule has 0 spiro atoms. The van der Waals surface area contributed by atoms with Crippen LogP contribution in [0.25, 0.3) is 0 Å². The second-order valence-corrected chi connectivity index (χ2v) is 9.92. The van der Waals surface area contributed by atoms with Gasteiger partial charge in [0.25, 0.3) is 5.91 Å². The molecular weight excluding hydrogens is 497 g/mol. The lowest BCUT2D eigenvalue weighted by molar-refractivity contribution is -0.122. The van der Waals surface area contributed by atoms with Gasteiger partial charge in [0.05, 0.1) is 28.1 Å². The van der Waals surface area contributed by atoms with Crippen molar-refractivity contribution in [1.29, 1.82) is 0 Å². The monoisotopic (exact) mass is 525 g/mol. The van der Waals surface area contributed by atoms with Gasteiger partial charge in [-0.1, -0.05) is 49.7 Å².